The normalized spacial score (nSPS) is 20.6. The third-order valence-electron chi connectivity index (χ3n) is 2.64. The third kappa shape index (κ3) is 3.05. The number of hydrogen-bond acceptors (Lipinski definition) is 3. The zero-order valence-corrected chi connectivity index (χ0v) is 9.65. The highest BCUT2D eigenvalue weighted by molar-refractivity contribution is 5.84. The van der Waals surface area contributed by atoms with Gasteiger partial charge in [0.2, 0.25) is 11.8 Å². The van der Waals surface area contributed by atoms with Crippen LogP contribution in [0.4, 0.5) is 0 Å². The Labute approximate surface area is 95.4 Å². The van der Waals surface area contributed by atoms with Gasteiger partial charge in [-0.05, 0) is 26.2 Å². The quantitative estimate of drug-likeness (QED) is 0.572. The van der Waals surface area contributed by atoms with E-state index >= 15 is 0 Å². The summed E-state index contributed by atoms with van der Waals surface area (Å²) in [4.78, 5) is 31.9. The third-order valence-corrected chi connectivity index (χ3v) is 2.64. The van der Waals surface area contributed by atoms with Gasteiger partial charge in [-0.1, -0.05) is 0 Å². The van der Waals surface area contributed by atoms with Gasteiger partial charge in [-0.15, -0.1) is 0 Å². The van der Waals surface area contributed by atoms with Gasteiger partial charge in [0.1, 0.15) is 6.29 Å². The predicted octanol–water partition coefficient (Wildman–Crippen LogP) is 0.742. The van der Waals surface area contributed by atoms with Gasteiger partial charge in [0.15, 0.2) is 0 Å². The Morgan fingerprint density at radius 2 is 1.31 bits per heavy atom. The van der Waals surface area contributed by atoms with Crippen LogP contribution >= 0.6 is 0 Å². The molecule has 2 fully saturated rings. The summed E-state index contributed by atoms with van der Waals surface area (Å²) in [6.07, 6.45) is 4.57. The first-order valence-corrected chi connectivity index (χ1v) is 5.71. The van der Waals surface area contributed by atoms with Gasteiger partial charge in [-0.2, -0.15) is 0 Å². The molecular formula is C11H18N2O3. The Morgan fingerprint density at radius 3 is 1.69 bits per heavy atom. The minimum atomic E-state index is 0.116. The molecular weight excluding hydrogens is 208 g/mol. The van der Waals surface area contributed by atoms with Crippen molar-refractivity contribution >= 4 is 18.1 Å². The minimum Gasteiger partial charge on any atom is -0.304 e. The summed E-state index contributed by atoms with van der Waals surface area (Å²) >= 11 is 0. The molecule has 2 aliphatic rings. The number of aldehydes is 1. The summed E-state index contributed by atoms with van der Waals surface area (Å²) in [5.41, 5.74) is 0. The monoisotopic (exact) mass is 226 g/mol. The van der Waals surface area contributed by atoms with Gasteiger partial charge in [-0.25, -0.2) is 0 Å². The van der Waals surface area contributed by atoms with Crippen LogP contribution < -0.4 is 0 Å². The van der Waals surface area contributed by atoms with Crippen LogP contribution in [0.15, 0.2) is 0 Å². The lowest BCUT2D eigenvalue weighted by molar-refractivity contribution is -0.164. The maximum absolute atomic E-state index is 11.5. The molecule has 2 aliphatic heterocycles. The molecule has 2 saturated heterocycles. The summed E-state index contributed by atoms with van der Waals surface area (Å²) in [6.45, 7) is 2.90. The standard InChI is InChI=1S/C9H14N2O2.C2H4O/c12-8-4-3-5-9(13)11-7-2-1-6-10(8)11;1-2-3/h1-7H2;2H,1H3. The van der Waals surface area contributed by atoms with Crippen LogP contribution in [0.1, 0.15) is 39.0 Å². The van der Waals surface area contributed by atoms with Crippen molar-refractivity contribution in [2.75, 3.05) is 13.1 Å². The van der Waals surface area contributed by atoms with Crippen molar-refractivity contribution in [2.45, 2.75) is 39.0 Å². The average molecular weight is 226 g/mol. The molecule has 5 nitrogen and oxygen atoms in total. The van der Waals surface area contributed by atoms with Gasteiger partial charge in [0.05, 0.1) is 0 Å². The molecule has 0 N–H and O–H groups in total. The number of carbonyl (C=O) groups is 3. The largest absolute Gasteiger partial charge is 0.304 e. The average Bonchev–Trinajstić information content (AvgIpc) is 2.42. The zero-order valence-electron chi connectivity index (χ0n) is 9.65. The van der Waals surface area contributed by atoms with E-state index in [1.165, 1.54) is 6.92 Å². The van der Waals surface area contributed by atoms with Crippen molar-refractivity contribution < 1.29 is 14.4 Å². The number of carbonyl (C=O) groups excluding carboxylic acids is 3. The lowest BCUT2D eigenvalue weighted by atomic mass is 10.2. The molecule has 2 amide bonds. The summed E-state index contributed by atoms with van der Waals surface area (Å²) in [5.74, 6) is 0.233. The number of hydrazine groups is 1. The van der Waals surface area contributed by atoms with Crippen molar-refractivity contribution in [3.63, 3.8) is 0 Å². The maximum Gasteiger partial charge on any atom is 0.241 e. The molecule has 5 heteroatoms. The molecule has 0 bridgehead atoms. The second-order valence-corrected chi connectivity index (χ2v) is 3.83. The highest BCUT2D eigenvalue weighted by atomic mass is 16.2. The Balaban J connectivity index is 0.000000386. The fourth-order valence-electron chi connectivity index (χ4n) is 1.93. The van der Waals surface area contributed by atoms with Crippen LogP contribution in [0.25, 0.3) is 0 Å². The topological polar surface area (TPSA) is 57.7 Å². The SMILES string of the molecule is CC=O.O=C1CCCC(=O)N2CCCCN12. The van der Waals surface area contributed by atoms with Crippen molar-refractivity contribution in [1.29, 1.82) is 0 Å². The van der Waals surface area contributed by atoms with Gasteiger partial charge >= 0.3 is 0 Å². The van der Waals surface area contributed by atoms with Gasteiger partial charge < -0.3 is 4.79 Å². The lowest BCUT2D eigenvalue weighted by Crippen LogP contribution is -2.51. The second-order valence-electron chi connectivity index (χ2n) is 3.83. The van der Waals surface area contributed by atoms with E-state index in [0.717, 1.165) is 32.2 Å². The Hall–Kier alpha value is -1.39. The molecule has 0 aromatic carbocycles. The Bertz CT molecular complexity index is 254. The summed E-state index contributed by atoms with van der Waals surface area (Å²) in [6, 6.07) is 0. The molecule has 90 valence electrons. The number of nitrogens with zero attached hydrogens (tertiary/aromatic N) is 2. The summed E-state index contributed by atoms with van der Waals surface area (Å²) in [7, 11) is 0. The van der Waals surface area contributed by atoms with E-state index in [-0.39, 0.29) is 11.8 Å². The first-order valence-electron chi connectivity index (χ1n) is 5.71. The van der Waals surface area contributed by atoms with Crippen LogP contribution in [-0.2, 0) is 14.4 Å². The summed E-state index contributed by atoms with van der Waals surface area (Å²) < 4.78 is 0. The maximum atomic E-state index is 11.5. The molecule has 0 aromatic rings. The van der Waals surface area contributed by atoms with E-state index in [4.69, 9.17) is 4.79 Å². The van der Waals surface area contributed by atoms with Gasteiger partial charge in [0, 0.05) is 25.9 Å². The number of hydrogen-bond donors (Lipinski definition) is 0. The fraction of sp³-hybridized carbons (Fsp3) is 0.727. The smallest absolute Gasteiger partial charge is 0.241 e. The molecule has 0 aliphatic carbocycles. The minimum absolute atomic E-state index is 0.116. The summed E-state index contributed by atoms with van der Waals surface area (Å²) in [5, 5.41) is 3.28. The van der Waals surface area contributed by atoms with E-state index in [1.54, 1.807) is 10.0 Å². The molecule has 0 spiro atoms. The number of fused-ring (bicyclic) bond motifs is 1. The highest BCUT2D eigenvalue weighted by Gasteiger charge is 2.30. The second kappa shape index (κ2) is 6.25. The molecule has 2 rings (SSSR count). The Kier molecular flexibility index (Phi) is 4.95. The van der Waals surface area contributed by atoms with E-state index in [0.29, 0.717) is 19.3 Å². The van der Waals surface area contributed by atoms with Crippen molar-refractivity contribution in [2.24, 2.45) is 0 Å². The Morgan fingerprint density at radius 1 is 0.938 bits per heavy atom. The molecule has 16 heavy (non-hydrogen) atoms. The molecule has 0 unspecified atom stereocenters. The van der Waals surface area contributed by atoms with E-state index in [1.807, 2.05) is 0 Å². The van der Waals surface area contributed by atoms with Gasteiger partial charge in [0.25, 0.3) is 0 Å². The van der Waals surface area contributed by atoms with Crippen LogP contribution in [0.5, 0.6) is 0 Å². The first kappa shape index (κ1) is 12.7. The molecule has 0 atom stereocenters. The predicted molar refractivity (Wildman–Crippen MR) is 58.2 cm³/mol. The molecule has 0 radical (unpaired) electrons. The van der Waals surface area contributed by atoms with E-state index in [2.05, 4.69) is 0 Å². The van der Waals surface area contributed by atoms with E-state index < -0.39 is 0 Å². The fourth-order valence-corrected chi connectivity index (χ4v) is 1.93. The van der Waals surface area contributed by atoms with Crippen LogP contribution in [0.3, 0.4) is 0 Å². The molecule has 2 heterocycles. The van der Waals surface area contributed by atoms with Crippen molar-refractivity contribution in [1.82, 2.24) is 10.0 Å². The van der Waals surface area contributed by atoms with Crippen LogP contribution in [0.2, 0.25) is 0 Å². The number of amides is 2. The highest BCUT2D eigenvalue weighted by Crippen LogP contribution is 2.18. The van der Waals surface area contributed by atoms with Crippen LogP contribution in [-0.4, -0.2) is 41.2 Å². The van der Waals surface area contributed by atoms with Gasteiger partial charge in [-0.3, -0.25) is 19.6 Å². The van der Waals surface area contributed by atoms with Crippen molar-refractivity contribution in [3.05, 3.63) is 0 Å². The molecule has 0 aromatic heterocycles. The lowest BCUT2D eigenvalue weighted by Gasteiger charge is -2.37. The number of rotatable bonds is 0. The van der Waals surface area contributed by atoms with E-state index in [9.17, 15) is 9.59 Å². The first-order chi connectivity index (χ1) is 7.70. The van der Waals surface area contributed by atoms with Crippen molar-refractivity contribution in [3.8, 4) is 0 Å². The molecule has 0 saturated carbocycles. The van der Waals surface area contributed by atoms with Crippen LogP contribution in [0, 0.1) is 0 Å². The zero-order chi connectivity index (χ0) is 12.0.